The molecule has 0 atom stereocenters. The number of benzene rings is 2. The molecule has 4 aromatic rings. The molecule has 2 aromatic carbocycles. The summed E-state index contributed by atoms with van der Waals surface area (Å²) in [5, 5.41) is 6.62. The average molecular weight is 396 g/mol. The lowest BCUT2D eigenvalue weighted by molar-refractivity contribution is 0.101. The number of nitrogens with zero attached hydrogens (tertiary/aromatic N) is 2. The number of nitrogens with one attached hydrogen (secondary N) is 2. The second kappa shape index (κ2) is 8.13. The van der Waals surface area contributed by atoms with Crippen LogP contribution in [-0.4, -0.2) is 21.8 Å². The van der Waals surface area contributed by atoms with Crippen LogP contribution in [-0.2, 0) is 0 Å². The van der Waals surface area contributed by atoms with E-state index in [1.165, 1.54) is 0 Å². The lowest BCUT2D eigenvalue weighted by atomic mass is 10.1. The maximum atomic E-state index is 12.8. The standard InChI is InChI=1S/C24H20N4O2/c1-15-11-12-16(2)21(14-15)28-24(30)20-10-4-9-19(26-20)23(29)27-18-8-3-6-17-7-5-13-25-22(17)18/h3-14H,1-2H3,(H,27,29)(H,28,30). The number of pyridine rings is 2. The quantitative estimate of drug-likeness (QED) is 0.521. The van der Waals surface area contributed by atoms with Crippen molar-refractivity contribution >= 4 is 34.1 Å². The molecule has 0 saturated carbocycles. The third-order valence-corrected chi connectivity index (χ3v) is 4.74. The molecule has 6 heteroatoms. The summed E-state index contributed by atoms with van der Waals surface area (Å²) < 4.78 is 0. The normalized spacial score (nSPS) is 10.6. The summed E-state index contributed by atoms with van der Waals surface area (Å²) >= 11 is 0. The zero-order valence-electron chi connectivity index (χ0n) is 16.6. The molecule has 0 unspecified atom stereocenters. The van der Waals surface area contributed by atoms with Gasteiger partial charge in [-0.15, -0.1) is 0 Å². The summed E-state index contributed by atoms with van der Waals surface area (Å²) in [5.41, 5.74) is 4.31. The first-order valence-corrected chi connectivity index (χ1v) is 9.52. The van der Waals surface area contributed by atoms with Crippen LogP contribution in [0.1, 0.15) is 32.1 Å². The van der Waals surface area contributed by atoms with E-state index >= 15 is 0 Å². The molecule has 30 heavy (non-hydrogen) atoms. The van der Waals surface area contributed by atoms with E-state index in [1.807, 2.05) is 56.3 Å². The smallest absolute Gasteiger partial charge is 0.274 e. The number of para-hydroxylation sites is 1. The summed E-state index contributed by atoms with van der Waals surface area (Å²) in [6, 6.07) is 19.9. The zero-order chi connectivity index (χ0) is 21.1. The van der Waals surface area contributed by atoms with E-state index in [-0.39, 0.29) is 17.3 Å². The summed E-state index contributed by atoms with van der Waals surface area (Å²) in [6.07, 6.45) is 1.68. The van der Waals surface area contributed by atoms with Crippen molar-refractivity contribution in [3.63, 3.8) is 0 Å². The molecule has 6 nitrogen and oxygen atoms in total. The van der Waals surface area contributed by atoms with E-state index in [1.54, 1.807) is 30.5 Å². The number of fused-ring (bicyclic) bond motifs is 1. The van der Waals surface area contributed by atoms with Gasteiger partial charge in [-0.1, -0.05) is 36.4 Å². The van der Waals surface area contributed by atoms with Gasteiger partial charge in [0.25, 0.3) is 11.8 Å². The van der Waals surface area contributed by atoms with Crippen molar-refractivity contribution in [2.75, 3.05) is 10.6 Å². The number of hydrogen-bond donors (Lipinski definition) is 2. The fraction of sp³-hybridized carbons (Fsp3) is 0.0833. The second-order valence-corrected chi connectivity index (χ2v) is 7.02. The second-order valence-electron chi connectivity index (χ2n) is 7.02. The predicted molar refractivity (Wildman–Crippen MR) is 118 cm³/mol. The van der Waals surface area contributed by atoms with Crippen LogP contribution >= 0.6 is 0 Å². The minimum atomic E-state index is -0.408. The molecule has 0 spiro atoms. The van der Waals surface area contributed by atoms with Crippen molar-refractivity contribution in [1.82, 2.24) is 9.97 Å². The highest BCUT2D eigenvalue weighted by molar-refractivity contribution is 6.08. The first kappa shape index (κ1) is 19.3. The average Bonchev–Trinajstić information content (AvgIpc) is 2.76. The summed E-state index contributed by atoms with van der Waals surface area (Å²) in [5.74, 6) is -0.778. The molecule has 2 N–H and O–H groups in total. The predicted octanol–water partition coefficient (Wildman–Crippen LogP) is 4.75. The molecule has 148 valence electrons. The van der Waals surface area contributed by atoms with E-state index in [0.29, 0.717) is 11.2 Å². The Balaban J connectivity index is 1.56. The van der Waals surface area contributed by atoms with Crippen LogP contribution in [0.25, 0.3) is 10.9 Å². The summed E-state index contributed by atoms with van der Waals surface area (Å²) in [4.78, 5) is 34.0. The fourth-order valence-corrected chi connectivity index (χ4v) is 3.14. The zero-order valence-corrected chi connectivity index (χ0v) is 16.6. The number of carbonyl (C=O) groups excluding carboxylic acids is 2. The minimum Gasteiger partial charge on any atom is -0.320 e. The van der Waals surface area contributed by atoms with Gasteiger partial charge < -0.3 is 10.6 Å². The van der Waals surface area contributed by atoms with E-state index in [0.717, 1.165) is 22.2 Å². The summed E-state index contributed by atoms with van der Waals surface area (Å²) in [7, 11) is 0. The Morgan fingerprint density at radius 1 is 0.767 bits per heavy atom. The topological polar surface area (TPSA) is 84.0 Å². The van der Waals surface area contributed by atoms with Crippen LogP contribution < -0.4 is 10.6 Å². The number of carbonyl (C=O) groups is 2. The third kappa shape index (κ3) is 4.03. The van der Waals surface area contributed by atoms with E-state index in [9.17, 15) is 9.59 Å². The van der Waals surface area contributed by atoms with E-state index in [4.69, 9.17) is 0 Å². The van der Waals surface area contributed by atoms with Crippen molar-refractivity contribution < 1.29 is 9.59 Å². The van der Waals surface area contributed by atoms with E-state index < -0.39 is 5.91 Å². The van der Waals surface area contributed by atoms with Crippen LogP contribution in [0.4, 0.5) is 11.4 Å². The van der Waals surface area contributed by atoms with Gasteiger partial charge in [0.2, 0.25) is 0 Å². The number of aryl methyl sites for hydroxylation is 2. The highest BCUT2D eigenvalue weighted by Gasteiger charge is 2.15. The first-order chi connectivity index (χ1) is 14.5. The van der Waals surface area contributed by atoms with Crippen LogP contribution in [0.2, 0.25) is 0 Å². The molecule has 0 aliphatic rings. The number of anilines is 2. The number of rotatable bonds is 4. The number of hydrogen-bond acceptors (Lipinski definition) is 4. The van der Waals surface area contributed by atoms with Crippen molar-refractivity contribution in [3.8, 4) is 0 Å². The molecule has 2 heterocycles. The Labute approximate surface area is 174 Å². The van der Waals surface area contributed by atoms with Crippen LogP contribution in [0, 0.1) is 13.8 Å². The lowest BCUT2D eigenvalue weighted by Crippen LogP contribution is -2.19. The molecule has 0 aliphatic carbocycles. The Hall–Kier alpha value is -4.06. The first-order valence-electron chi connectivity index (χ1n) is 9.52. The van der Waals surface area contributed by atoms with Crippen LogP contribution in [0.15, 0.2) is 72.9 Å². The molecule has 0 bridgehead atoms. The Morgan fingerprint density at radius 2 is 1.43 bits per heavy atom. The van der Waals surface area contributed by atoms with Crippen molar-refractivity contribution in [3.05, 3.63) is 95.4 Å². The van der Waals surface area contributed by atoms with Gasteiger partial charge >= 0.3 is 0 Å². The van der Waals surface area contributed by atoms with Crippen molar-refractivity contribution in [2.24, 2.45) is 0 Å². The highest BCUT2D eigenvalue weighted by Crippen LogP contribution is 2.21. The van der Waals surface area contributed by atoms with Gasteiger partial charge in [0.05, 0.1) is 11.2 Å². The van der Waals surface area contributed by atoms with Crippen molar-refractivity contribution in [2.45, 2.75) is 13.8 Å². The molecule has 4 rings (SSSR count). The van der Waals surface area contributed by atoms with Crippen LogP contribution in [0.3, 0.4) is 0 Å². The Bertz CT molecular complexity index is 1260. The van der Waals surface area contributed by atoms with Gasteiger partial charge in [-0.3, -0.25) is 14.6 Å². The maximum Gasteiger partial charge on any atom is 0.274 e. The molecular formula is C24H20N4O2. The SMILES string of the molecule is Cc1ccc(C)c(NC(=O)c2cccc(C(=O)Nc3cccc4cccnc34)n2)c1. The monoisotopic (exact) mass is 396 g/mol. The Morgan fingerprint density at radius 3 is 2.20 bits per heavy atom. The fourth-order valence-electron chi connectivity index (χ4n) is 3.14. The number of aromatic nitrogens is 2. The molecule has 0 aliphatic heterocycles. The lowest BCUT2D eigenvalue weighted by Gasteiger charge is -2.10. The summed E-state index contributed by atoms with van der Waals surface area (Å²) in [6.45, 7) is 3.88. The van der Waals surface area contributed by atoms with Gasteiger partial charge in [-0.25, -0.2) is 4.98 Å². The highest BCUT2D eigenvalue weighted by atomic mass is 16.2. The molecular weight excluding hydrogens is 376 g/mol. The van der Waals surface area contributed by atoms with Gasteiger partial charge in [0.15, 0.2) is 0 Å². The minimum absolute atomic E-state index is 0.150. The van der Waals surface area contributed by atoms with Gasteiger partial charge in [0.1, 0.15) is 11.4 Å². The van der Waals surface area contributed by atoms with Gasteiger partial charge in [-0.05, 0) is 55.3 Å². The Kier molecular flexibility index (Phi) is 5.22. The molecule has 2 aromatic heterocycles. The third-order valence-electron chi connectivity index (χ3n) is 4.74. The van der Waals surface area contributed by atoms with Crippen molar-refractivity contribution in [1.29, 1.82) is 0 Å². The molecule has 2 amide bonds. The molecule has 0 radical (unpaired) electrons. The van der Waals surface area contributed by atoms with E-state index in [2.05, 4.69) is 20.6 Å². The van der Waals surface area contributed by atoms with Gasteiger partial charge in [-0.2, -0.15) is 0 Å². The van der Waals surface area contributed by atoms with Gasteiger partial charge in [0, 0.05) is 17.3 Å². The maximum absolute atomic E-state index is 12.8. The molecule has 0 fully saturated rings. The largest absolute Gasteiger partial charge is 0.320 e. The van der Waals surface area contributed by atoms with Crippen LogP contribution in [0.5, 0.6) is 0 Å². The molecule has 0 saturated heterocycles. The number of amides is 2.